The zero-order chi connectivity index (χ0) is 14.3. The summed E-state index contributed by atoms with van der Waals surface area (Å²) in [6.07, 6.45) is 2.30. The van der Waals surface area contributed by atoms with Crippen molar-refractivity contribution in [1.29, 1.82) is 0 Å². The Balaban J connectivity index is 1.89. The van der Waals surface area contributed by atoms with Gasteiger partial charge in [0.2, 0.25) is 5.95 Å². The smallest absolute Gasteiger partial charge is 0.228 e. The van der Waals surface area contributed by atoms with Crippen molar-refractivity contribution in [3.63, 3.8) is 0 Å². The molecule has 0 amide bonds. The molecule has 20 heavy (non-hydrogen) atoms. The van der Waals surface area contributed by atoms with E-state index in [1.54, 1.807) is 11.3 Å². The van der Waals surface area contributed by atoms with Gasteiger partial charge < -0.3 is 9.80 Å². The molecule has 0 unspecified atom stereocenters. The van der Waals surface area contributed by atoms with Crippen molar-refractivity contribution in [3.05, 3.63) is 16.1 Å². The van der Waals surface area contributed by atoms with E-state index in [1.807, 2.05) is 0 Å². The summed E-state index contributed by atoms with van der Waals surface area (Å²) in [6, 6.07) is 2.56. The molecule has 2 aromatic heterocycles. The molecule has 2 aromatic rings. The quantitative estimate of drug-likeness (QED) is 0.798. The Kier molecular flexibility index (Phi) is 3.84. The first kappa shape index (κ1) is 14.0. The summed E-state index contributed by atoms with van der Waals surface area (Å²) in [5.41, 5.74) is 0. The molecule has 0 radical (unpaired) electrons. The molecule has 0 aromatic carbocycles. The van der Waals surface area contributed by atoms with Crippen LogP contribution in [0.15, 0.2) is 6.07 Å². The second-order valence-corrected chi connectivity index (χ2v) is 7.13. The van der Waals surface area contributed by atoms with Crippen LogP contribution in [0.2, 0.25) is 5.15 Å². The maximum Gasteiger partial charge on any atom is 0.228 e. The highest BCUT2D eigenvalue weighted by molar-refractivity contribution is 7.18. The highest BCUT2D eigenvalue weighted by atomic mass is 35.5. The van der Waals surface area contributed by atoms with E-state index in [0.29, 0.717) is 11.2 Å². The second-order valence-electron chi connectivity index (χ2n) is 5.54. The molecule has 0 spiro atoms. The third kappa shape index (κ3) is 2.62. The van der Waals surface area contributed by atoms with Gasteiger partial charge in [0.15, 0.2) is 0 Å². The molecule has 0 atom stereocenters. The normalized spacial score (nSPS) is 17.8. The molecule has 1 saturated heterocycles. The maximum absolute atomic E-state index is 6.30. The fraction of sp³-hybridized carbons (Fsp3) is 0.571. The van der Waals surface area contributed by atoms with Crippen LogP contribution in [0, 0.1) is 6.92 Å². The van der Waals surface area contributed by atoms with Crippen molar-refractivity contribution >= 4 is 39.1 Å². The molecule has 0 N–H and O–H groups in total. The van der Waals surface area contributed by atoms with Crippen molar-refractivity contribution in [2.24, 2.45) is 0 Å². The number of likely N-dealkylation sites (tertiary alicyclic amines) is 1. The molecule has 6 heteroatoms. The number of hydrogen-bond acceptors (Lipinski definition) is 5. The topological polar surface area (TPSA) is 32.3 Å². The molecule has 0 aliphatic carbocycles. The lowest BCUT2D eigenvalue weighted by molar-refractivity contribution is 0.252. The average Bonchev–Trinajstić information content (AvgIpc) is 2.80. The number of rotatable bonds is 2. The van der Waals surface area contributed by atoms with Crippen LogP contribution in [0.25, 0.3) is 10.2 Å². The predicted molar refractivity (Wildman–Crippen MR) is 86.1 cm³/mol. The molecule has 3 heterocycles. The number of piperidine rings is 1. The first-order chi connectivity index (χ1) is 9.54. The molecule has 4 nitrogen and oxygen atoms in total. The number of nitrogens with zero attached hydrogens (tertiary/aromatic N) is 4. The Morgan fingerprint density at radius 2 is 2.05 bits per heavy atom. The lowest BCUT2D eigenvalue weighted by Gasteiger charge is -2.35. The van der Waals surface area contributed by atoms with Gasteiger partial charge in [0.05, 0.1) is 0 Å². The average molecular weight is 311 g/mol. The number of aryl methyl sites for hydroxylation is 1. The molecule has 1 fully saturated rings. The van der Waals surface area contributed by atoms with E-state index in [4.69, 9.17) is 11.6 Å². The van der Waals surface area contributed by atoms with Crippen LogP contribution in [0.1, 0.15) is 17.7 Å². The third-order valence-corrected chi connectivity index (χ3v) is 5.24. The zero-order valence-corrected chi connectivity index (χ0v) is 13.6. The van der Waals surface area contributed by atoms with E-state index < -0.39 is 0 Å². The Labute approximate surface area is 128 Å². The summed E-state index contributed by atoms with van der Waals surface area (Å²) in [6.45, 7) is 4.33. The largest absolute Gasteiger partial charge is 0.341 e. The lowest BCUT2D eigenvalue weighted by Crippen LogP contribution is -2.42. The number of halogens is 1. The van der Waals surface area contributed by atoms with Gasteiger partial charge in [0.25, 0.3) is 0 Å². The molecule has 0 saturated carbocycles. The number of thiophene rings is 1. The van der Waals surface area contributed by atoms with E-state index in [2.05, 4.69) is 46.9 Å². The minimum Gasteiger partial charge on any atom is -0.341 e. The second kappa shape index (κ2) is 5.47. The van der Waals surface area contributed by atoms with E-state index in [1.165, 1.54) is 4.88 Å². The first-order valence-corrected chi connectivity index (χ1v) is 8.09. The molecule has 1 aliphatic rings. The molecule has 1 aliphatic heterocycles. The number of fused-ring (bicyclic) bond motifs is 1. The van der Waals surface area contributed by atoms with Crippen molar-refractivity contribution < 1.29 is 0 Å². The highest BCUT2D eigenvalue weighted by Gasteiger charge is 2.23. The van der Waals surface area contributed by atoms with Gasteiger partial charge in [-0.3, -0.25) is 0 Å². The van der Waals surface area contributed by atoms with Crippen LogP contribution < -0.4 is 4.90 Å². The summed E-state index contributed by atoms with van der Waals surface area (Å²) < 4.78 is 0. The van der Waals surface area contributed by atoms with E-state index in [-0.39, 0.29) is 0 Å². The fourth-order valence-corrected chi connectivity index (χ4v) is 3.85. The van der Waals surface area contributed by atoms with E-state index in [0.717, 1.165) is 42.1 Å². The van der Waals surface area contributed by atoms with Gasteiger partial charge in [-0.15, -0.1) is 11.3 Å². The number of aromatic nitrogens is 2. The minimum atomic E-state index is 0.501. The van der Waals surface area contributed by atoms with Gasteiger partial charge >= 0.3 is 0 Å². The van der Waals surface area contributed by atoms with Crippen LogP contribution >= 0.6 is 22.9 Å². The SMILES string of the molecule is Cc1cc2c(Cl)nc(N(C)C3CCN(C)CC3)nc2s1. The van der Waals surface area contributed by atoms with Gasteiger partial charge in [-0.2, -0.15) is 0 Å². The summed E-state index contributed by atoms with van der Waals surface area (Å²) in [4.78, 5) is 15.9. The van der Waals surface area contributed by atoms with Gasteiger partial charge in [-0.05, 0) is 46.0 Å². The van der Waals surface area contributed by atoms with Gasteiger partial charge in [0, 0.05) is 23.4 Å². The van der Waals surface area contributed by atoms with Gasteiger partial charge in [-0.1, -0.05) is 11.6 Å². The standard InChI is InChI=1S/C14H19ClN4S/c1-9-8-11-12(15)16-14(17-13(11)20-9)19(3)10-4-6-18(2)7-5-10/h8,10H,4-7H2,1-3H3. The van der Waals surface area contributed by atoms with Crippen LogP contribution in [0.4, 0.5) is 5.95 Å². The third-order valence-electron chi connectivity index (χ3n) is 4.01. The monoisotopic (exact) mass is 310 g/mol. The Morgan fingerprint density at radius 1 is 1.35 bits per heavy atom. The summed E-state index contributed by atoms with van der Waals surface area (Å²) in [7, 11) is 4.25. The molecule has 0 bridgehead atoms. The fourth-order valence-electron chi connectivity index (χ4n) is 2.70. The maximum atomic E-state index is 6.30. The number of anilines is 1. The first-order valence-electron chi connectivity index (χ1n) is 6.89. The summed E-state index contributed by atoms with van der Waals surface area (Å²) >= 11 is 7.98. The van der Waals surface area contributed by atoms with Crippen LogP contribution in [0.3, 0.4) is 0 Å². The predicted octanol–water partition coefficient (Wildman–Crippen LogP) is 3.18. The van der Waals surface area contributed by atoms with Crippen molar-refractivity contribution in [3.8, 4) is 0 Å². The number of hydrogen-bond donors (Lipinski definition) is 0. The van der Waals surface area contributed by atoms with Crippen molar-refractivity contribution in [2.45, 2.75) is 25.8 Å². The molecule has 3 rings (SSSR count). The Hall–Kier alpha value is -0.910. The summed E-state index contributed by atoms with van der Waals surface area (Å²) in [5, 5.41) is 1.53. The van der Waals surface area contributed by atoms with Gasteiger partial charge in [-0.25, -0.2) is 9.97 Å². The van der Waals surface area contributed by atoms with Crippen LogP contribution in [0.5, 0.6) is 0 Å². The van der Waals surface area contributed by atoms with Crippen molar-refractivity contribution in [1.82, 2.24) is 14.9 Å². The molecular formula is C14H19ClN4S. The highest BCUT2D eigenvalue weighted by Crippen LogP contribution is 2.31. The minimum absolute atomic E-state index is 0.501. The molecular weight excluding hydrogens is 292 g/mol. The molecule has 108 valence electrons. The Bertz CT molecular complexity index is 619. The van der Waals surface area contributed by atoms with E-state index >= 15 is 0 Å². The van der Waals surface area contributed by atoms with Crippen LogP contribution in [-0.4, -0.2) is 48.1 Å². The van der Waals surface area contributed by atoms with Gasteiger partial charge in [0.1, 0.15) is 9.98 Å². The Morgan fingerprint density at radius 3 is 2.75 bits per heavy atom. The summed E-state index contributed by atoms with van der Waals surface area (Å²) in [5.74, 6) is 0.749. The van der Waals surface area contributed by atoms with E-state index in [9.17, 15) is 0 Å². The lowest BCUT2D eigenvalue weighted by atomic mass is 10.0. The zero-order valence-electron chi connectivity index (χ0n) is 12.1. The van der Waals surface area contributed by atoms with Crippen molar-refractivity contribution in [2.75, 3.05) is 32.1 Å². The van der Waals surface area contributed by atoms with Crippen LogP contribution in [-0.2, 0) is 0 Å².